The van der Waals surface area contributed by atoms with E-state index < -0.39 is 9.84 Å². The van der Waals surface area contributed by atoms with Crippen LogP contribution in [0, 0.1) is 5.41 Å². The average molecular weight is 346 g/mol. The Morgan fingerprint density at radius 3 is 2.33 bits per heavy atom. The van der Waals surface area contributed by atoms with E-state index in [-0.39, 0.29) is 26.9 Å². The minimum atomic E-state index is -2.84. The van der Waals surface area contributed by atoms with Crippen LogP contribution in [0.15, 0.2) is 0 Å². The maximum Gasteiger partial charge on any atom is 0.154 e. The fourth-order valence-electron chi connectivity index (χ4n) is 1.44. The predicted octanol–water partition coefficient (Wildman–Crippen LogP) is 2.04. The maximum atomic E-state index is 11.3. The molecule has 90 valence electrons. The zero-order valence-electron chi connectivity index (χ0n) is 9.49. The summed E-state index contributed by atoms with van der Waals surface area (Å²) in [6.07, 6.45) is 0.866. The van der Waals surface area contributed by atoms with Crippen molar-refractivity contribution >= 4 is 32.4 Å². The molecular formula is C10H19IO3S. The molecule has 3 nitrogen and oxygen atoms in total. The average Bonchev–Trinajstić information content (AvgIpc) is 2.22. The topological polar surface area (TPSA) is 43.4 Å². The fourth-order valence-corrected chi connectivity index (χ4v) is 5.56. The molecule has 1 saturated heterocycles. The molecule has 1 rings (SSSR count). The lowest BCUT2D eigenvalue weighted by molar-refractivity contribution is 0.0588. The first kappa shape index (κ1) is 13.7. The van der Waals surface area contributed by atoms with Gasteiger partial charge in [0.2, 0.25) is 0 Å². The molecule has 0 aromatic heterocycles. The molecule has 5 heteroatoms. The molecule has 0 bridgehead atoms. The van der Waals surface area contributed by atoms with Crippen molar-refractivity contribution in [1.29, 1.82) is 0 Å². The number of alkyl halides is 1. The van der Waals surface area contributed by atoms with Gasteiger partial charge in [-0.15, -0.1) is 0 Å². The van der Waals surface area contributed by atoms with Crippen LogP contribution in [-0.2, 0) is 14.6 Å². The minimum absolute atomic E-state index is 0.0991. The van der Waals surface area contributed by atoms with Crippen molar-refractivity contribution in [2.45, 2.75) is 37.2 Å². The van der Waals surface area contributed by atoms with Crippen LogP contribution in [0.1, 0.15) is 27.2 Å². The summed E-state index contributed by atoms with van der Waals surface area (Å²) in [6.45, 7) is 7.12. The second-order valence-electron chi connectivity index (χ2n) is 5.31. The van der Waals surface area contributed by atoms with E-state index in [4.69, 9.17) is 4.74 Å². The highest BCUT2D eigenvalue weighted by Crippen LogP contribution is 2.24. The molecule has 2 atom stereocenters. The summed E-state index contributed by atoms with van der Waals surface area (Å²) in [5.41, 5.74) is 0.248. The minimum Gasteiger partial charge on any atom is -0.376 e. The van der Waals surface area contributed by atoms with Gasteiger partial charge in [-0.3, -0.25) is 0 Å². The Balaban J connectivity index is 2.35. The van der Waals surface area contributed by atoms with Crippen molar-refractivity contribution in [2.75, 3.05) is 18.1 Å². The Labute approximate surface area is 106 Å². The zero-order chi connectivity index (χ0) is 11.7. The number of sulfone groups is 1. The van der Waals surface area contributed by atoms with Gasteiger partial charge in [-0.25, -0.2) is 8.42 Å². The largest absolute Gasteiger partial charge is 0.376 e. The first-order valence-electron chi connectivity index (χ1n) is 5.16. The van der Waals surface area contributed by atoms with Gasteiger partial charge in [0.05, 0.1) is 21.5 Å². The molecule has 1 heterocycles. The molecule has 15 heavy (non-hydrogen) atoms. The van der Waals surface area contributed by atoms with Gasteiger partial charge in [-0.1, -0.05) is 43.4 Å². The molecule has 0 saturated carbocycles. The molecular weight excluding hydrogens is 327 g/mol. The Bertz CT molecular complexity index is 305. The van der Waals surface area contributed by atoms with Crippen molar-refractivity contribution in [1.82, 2.24) is 0 Å². The number of hydrogen-bond acceptors (Lipinski definition) is 3. The van der Waals surface area contributed by atoms with Crippen LogP contribution < -0.4 is 0 Å². The predicted molar refractivity (Wildman–Crippen MR) is 70.3 cm³/mol. The third kappa shape index (κ3) is 4.99. The summed E-state index contributed by atoms with van der Waals surface area (Å²) >= 11 is 2.18. The van der Waals surface area contributed by atoms with Crippen LogP contribution in [0.5, 0.6) is 0 Å². The van der Waals surface area contributed by atoms with E-state index >= 15 is 0 Å². The number of rotatable bonds is 3. The molecule has 0 N–H and O–H groups in total. The SMILES string of the molecule is CC(C)(C)CCOC1CS(=O)(=O)CC1I. The second-order valence-corrected chi connectivity index (χ2v) is 9.07. The normalized spacial score (nSPS) is 30.7. The van der Waals surface area contributed by atoms with Crippen molar-refractivity contribution < 1.29 is 13.2 Å². The Morgan fingerprint density at radius 1 is 1.33 bits per heavy atom. The van der Waals surface area contributed by atoms with E-state index in [0.717, 1.165) is 6.42 Å². The highest BCUT2D eigenvalue weighted by molar-refractivity contribution is 14.1. The molecule has 0 amide bonds. The van der Waals surface area contributed by atoms with Crippen LogP contribution in [0.2, 0.25) is 0 Å². The highest BCUT2D eigenvalue weighted by atomic mass is 127. The number of hydrogen-bond donors (Lipinski definition) is 0. The molecule has 0 radical (unpaired) electrons. The summed E-state index contributed by atoms with van der Waals surface area (Å²) < 4.78 is 28.4. The summed E-state index contributed by atoms with van der Waals surface area (Å²) in [5.74, 6) is 0.471. The van der Waals surface area contributed by atoms with Gasteiger partial charge >= 0.3 is 0 Å². The summed E-state index contributed by atoms with van der Waals surface area (Å²) in [4.78, 5) is 0. The summed E-state index contributed by atoms with van der Waals surface area (Å²) in [6, 6.07) is 0. The Morgan fingerprint density at radius 2 is 1.93 bits per heavy atom. The smallest absolute Gasteiger partial charge is 0.154 e. The monoisotopic (exact) mass is 346 g/mol. The Hall–Kier alpha value is 0.640. The quantitative estimate of drug-likeness (QED) is 0.580. The van der Waals surface area contributed by atoms with Crippen LogP contribution in [0.25, 0.3) is 0 Å². The summed E-state index contributed by atoms with van der Waals surface area (Å²) in [7, 11) is -2.84. The van der Waals surface area contributed by atoms with E-state index in [2.05, 4.69) is 43.4 Å². The van der Waals surface area contributed by atoms with E-state index in [9.17, 15) is 8.42 Å². The molecule has 1 aliphatic heterocycles. The standard InChI is InChI=1S/C10H19IO3S/c1-10(2,3)4-5-14-9-7-15(12,13)6-8(9)11/h8-9H,4-7H2,1-3H3. The third-order valence-corrected chi connectivity index (χ3v) is 5.96. The number of ether oxygens (including phenoxy) is 1. The van der Waals surface area contributed by atoms with Crippen LogP contribution in [0.4, 0.5) is 0 Å². The molecule has 2 unspecified atom stereocenters. The van der Waals surface area contributed by atoms with Gasteiger partial charge in [0.1, 0.15) is 0 Å². The van der Waals surface area contributed by atoms with Crippen LogP contribution in [0.3, 0.4) is 0 Å². The maximum absolute atomic E-state index is 11.3. The number of halogens is 1. The van der Waals surface area contributed by atoms with E-state index in [1.54, 1.807) is 0 Å². The van der Waals surface area contributed by atoms with Crippen LogP contribution in [-0.4, -0.2) is 36.6 Å². The second kappa shape index (κ2) is 4.87. The van der Waals surface area contributed by atoms with Gasteiger partial charge in [0.15, 0.2) is 9.84 Å². The molecule has 0 aromatic carbocycles. The molecule has 0 aromatic rings. The third-order valence-electron chi connectivity index (χ3n) is 2.42. The zero-order valence-corrected chi connectivity index (χ0v) is 12.5. The molecule has 0 spiro atoms. The molecule has 1 fully saturated rings. The van der Waals surface area contributed by atoms with E-state index in [1.807, 2.05) is 0 Å². The van der Waals surface area contributed by atoms with Gasteiger partial charge in [0, 0.05) is 6.61 Å². The summed E-state index contributed by atoms with van der Waals surface area (Å²) in [5, 5.41) is 0. The molecule has 1 aliphatic rings. The van der Waals surface area contributed by atoms with Gasteiger partial charge in [-0.05, 0) is 11.8 Å². The van der Waals surface area contributed by atoms with Crippen molar-refractivity contribution in [2.24, 2.45) is 5.41 Å². The van der Waals surface area contributed by atoms with Crippen LogP contribution >= 0.6 is 22.6 Å². The van der Waals surface area contributed by atoms with Gasteiger partial charge in [-0.2, -0.15) is 0 Å². The highest BCUT2D eigenvalue weighted by Gasteiger charge is 2.36. The van der Waals surface area contributed by atoms with Gasteiger partial charge < -0.3 is 4.74 Å². The van der Waals surface area contributed by atoms with E-state index in [1.165, 1.54) is 0 Å². The van der Waals surface area contributed by atoms with Crippen molar-refractivity contribution in [3.05, 3.63) is 0 Å². The van der Waals surface area contributed by atoms with Crippen molar-refractivity contribution in [3.63, 3.8) is 0 Å². The first-order chi connectivity index (χ1) is 6.70. The molecule has 0 aliphatic carbocycles. The van der Waals surface area contributed by atoms with Gasteiger partial charge in [0.25, 0.3) is 0 Å². The fraction of sp³-hybridized carbons (Fsp3) is 1.00. The first-order valence-corrected chi connectivity index (χ1v) is 8.22. The lowest BCUT2D eigenvalue weighted by Gasteiger charge is -2.20. The lowest BCUT2D eigenvalue weighted by atomic mass is 9.93. The van der Waals surface area contributed by atoms with E-state index in [0.29, 0.717) is 6.61 Å². The van der Waals surface area contributed by atoms with Crippen molar-refractivity contribution in [3.8, 4) is 0 Å². The lowest BCUT2D eigenvalue weighted by Crippen LogP contribution is -2.24. The Kier molecular flexibility index (Phi) is 4.45.